The van der Waals surface area contributed by atoms with Gasteiger partial charge in [0, 0.05) is 18.3 Å². The lowest BCUT2D eigenvalue weighted by Gasteiger charge is -2.28. The Morgan fingerprint density at radius 2 is 1.95 bits per heavy atom. The van der Waals surface area contributed by atoms with Crippen LogP contribution in [-0.4, -0.2) is 25.3 Å². The highest BCUT2D eigenvalue weighted by Gasteiger charge is 2.33. The Balaban J connectivity index is 2.50. The molecule has 1 fully saturated rings. The molecule has 116 valence electrons. The van der Waals surface area contributed by atoms with E-state index in [0.29, 0.717) is 17.1 Å². The lowest BCUT2D eigenvalue weighted by molar-refractivity contribution is 0.347. The monoisotopic (exact) mass is 308 g/mol. The van der Waals surface area contributed by atoms with Gasteiger partial charge < -0.3 is 5.73 Å². The minimum absolute atomic E-state index is 0.0779. The summed E-state index contributed by atoms with van der Waals surface area (Å²) < 4.78 is 27.7. The SMILES string of the molecule is C=CCN(C1CCCC1)S(=O)(=O)c1cc(N)cc(C)c1C. The first-order valence-electron chi connectivity index (χ1n) is 7.37. The van der Waals surface area contributed by atoms with Gasteiger partial charge in [-0.1, -0.05) is 18.9 Å². The molecule has 1 aliphatic carbocycles. The number of nitrogen functional groups attached to an aromatic ring is 1. The first-order valence-corrected chi connectivity index (χ1v) is 8.81. The van der Waals surface area contributed by atoms with E-state index in [4.69, 9.17) is 5.73 Å². The molecule has 0 radical (unpaired) electrons. The van der Waals surface area contributed by atoms with Gasteiger partial charge in [-0.3, -0.25) is 0 Å². The smallest absolute Gasteiger partial charge is 0.243 e. The van der Waals surface area contributed by atoms with Crippen molar-refractivity contribution in [2.45, 2.75) is 50.5 Å². The number of aryl methyl sites for hydroxylation is 1. The van der Waals surface area contributed by atoms with Crippen molar-refractivity contribution in [2.75, 3.05) is 12.3 Å². The van der Waals surface area contributed by atoms with E-state index in [2.05, 4.69) is 6.58 Å². The van der Waals surface area contributed by atoms with Crippen molar-refractivity contribution in [3.8, 4) is 0 Å². The zero-order chi connectivity index (χ0) is 15.6. The van der Waals surface area contributed by atoms with Crippen molar-refractivity contribution < 1.29 is 8.42 Å². The molecule has 0 aromatic heterocycles. The lowest BCUT2D eigenvalue weighted by Crippen LogP contribution is -2.39. The fourth-order valence-electron chi connectivity index (χ4n) is 3.01. The minimum Gasteiger partial charge on any atom is -0.399 e. The van der Waals surface area contributed by atoms with Crippen molar-refractivity contribution in [2.24, 2.45) is 0 Å². The zero-order valence-corrected chi connectivity index (χ0v) is 13.6. The molecule has 0 unspecified atom stereocenters. The van der Waals surface area contributed by atoms with Crippen LogP contribution in [0.1, 0.15) is 36.8 Å². The van der Waals surface area contributed by atoms with Crippen LogP contribution in [0.4, 0.5) is 5.69 Å². The van der Waals surface area contributed by atoms with Gasteiger partial charge in [0.25, 0.3) is 0 Å². The Kier molecular flexibility index (Phi) is 4.74. The molecule has 4 nitrogen and oxygen atoms in total. The van der Waals surface area contributed by atoms with Crippen LogP contribution in [0.25, 0.3) is 0 Å². The Morgan fingerprint density at radius 1 is 1.33 bits per heavy atom. The predicted octanol–water partition coefficient (Wildman–Crippen LogP) is 3.00. The molecule has 0 heterocycles. The van der Waals surface area contributed by atoms with E-state index in [9.17, 15) is 8.42 Å². The highest BCUT2D eigenvalue weighted by Crippen LogP contribution is 2.31. The van der Waals surface area contributed by atoms with Crippen LogP contribution in [0.3, 0.4) is 0 Å². The largest absolute Gasteiger partial charge is 0.399 e. The van der Waals surface area contributed by atoms with Crippen LogP contribution in [0, 0.1) is 13.8 Å². The second-order valence-corrected chi connectivity index (χ2v) is 7.62. The summed E-state index contributed by atoms with van der Waals surface area (Å²) in [6.45, 7) is 7.78. The van der Waals surface area contributed by atoms with Crippen LogP contribution in [-0.2, 0) is 10.0 Å². The maximum absolute atomic E-state index is 13.1. The van der Waals surface area contributed by atoms with Gasteiger partial charge in [0.15, 0.2) is 0 Å². The van der Waals surface area contributed by atoms with Gasteiger partial charge in [0.05, 0.1) is 4.90 Å². The van der Waals surface area contributed by atoms with Gasteiger partial charge in [-0.05, 0) is 49.9 Å². The quantitative estimate of drug-likeness (QED) is 0.672. The molecule has 2 N–H and O–H groups in total. The topological polar surface area (TPSA) is 63.4 Å². The number of nitrogens with two attached hydrogens (primary N) is 1. The number of benzene rings is 1. The first-order chi connectivity index (χ1) is 9.87. The van der Waals surface area contributed by atoms with E-state index < -0.39 is 10.0 Å². The molecule has 21 heavy (non-hydrogen) atoms. The Labute approximate surface area is 127 Å². The van der Waals surface area contributed by atoms with Crippen LogP contribution in [0.15, 0.2) is 29.7 Å². The third kappa shape index (κ3) is 3.14. The van der Waals surface area contributed by atoms with E-state index in [1.165, 1.54) is 0 Å². The average Bonchev–Trinajstić information content (AvgIpc) is 2.93. The van der Waals surface area contributed by atoms with Gasteiger partial charge in [-0.2, -0.15) is 4.31 Å². The van der Waals surface area contributed by atoms with E-state index in [1.807, 2.05) is 19.9 Å². The van der Waals surface area contributed by atoms with Crippen LogP contribution >= 0.6 is 0 Å². The molecule has 1 aliphatic rings. The molecule has 5 heteroatoms. The summed E-state index contributed by atoms with van der Waals surface area (Å²) in [5, 5.41) is 0. The molecule has 0 amide bonds. The third-order valence-corrected chi connectivity index (χ3v) is 6.31. The van der Waals surface area contributed by atoms with Gasteiger partial charge in [-0.15, -0.1) is 6.58 Å². The van der Waals surface area contributed by atoms with Crippen LogP contribution in [0.2, 0.25) is 0 Å². The van der Waals surface area contributed by atoms with E-state index in [1.54, 1.807) is 16.4 Å². The average molecular weight is 308 g/mol. The highest BCUT2D eigenvalue weighted by atomic mass is 32.2. The van der Waals surface area contributed by atoms with Gasteiger partial charge in [0.2, 0.25) is 10.0 Å². The summed E-state index contributed by atoms with van der Waals surface area (Å²) in [6, 6.07) is 3.46. The number of sulfonamides is 1. The van der Waals surface area contributed by atoms with E-state index >= 15 is 0 Å². The minimum atomic E-state index is -3.54. The standard InChI is InChI=1S/C16H24N2O2S/c1-4-9-18(15-7-5-6-8-15)21(19,20)16-11-14(17)10-12(2)13(16)3/h4,10-11,15H,1,5-9,17H2,2-3H3. The molecule has 1 saturated carbocycles. The third-order valence-electron chi connectivity index (χ3n) is 4.27. The van der Waals surface area contributed by atoms with E-state index in [0.717, 1.165) is 36.8 Å². The highest BCUT2D eigenvalue weighted by molar-refractivity contribution is 7.89. The lowest BCUT2D eigenvalue weighted by atomic mass is 10.1. The summed E-state index contributed by atoms with van der Waals surface area (Å²) in [4.78, 5) is 0.328. The summed E-state index contributed by atoms with van der Waals surface area (Å²) in [5.74, 6) is 0. The number of hydrogen-bond acceptors (Lipinski definition) is 3. The molecule has 0 atom stereocenters. The van der Waals surface area contributed by atoms with Crippen molar-refractivity contribution in [3.63, 3.8) is 0 Å². The van der Waals surface area contributed by atoms with E-state index in [-0.39, 0.29) is 6.04 Å². The normalized spacial score (nSPS) is 16.5. The maximum Gasteiger partial charge on any atom is 0.243 e. The van der Waals surface area contributed by atoms with Gasteiger partial charge in [-0.25, -0.2) is 8.42 Å². The fourth-order valence-corrected chi connectivity index (χ4v) is 5.00. The maximum atomic E-state index is 13.1. The number of rotatable bonds is 5. The number of anilines is 1. The molecule has 0 spiro atoms. The van der Waals surface area contributed by atoms with Crippen molar-refractivity contribution >= 4 is 15.7 Å². The van der Waals surface area contributed by atoms with Gasteiger partial charge in [0.1, 0.15) is 0 Å². The van der Waals surface area contributed by atoms with Crippen LogP contribution in [0.5, 0.6) is 0 Å². The molecule has 0 bridgehead atoms. The zero-order valence-electron chi connectivity index (χ0n) is 12.8. The first kappa shape index (κ1) is 16.0. The molecule has 0 aliphatic heterocycles. The second kappa shape index (κ2) is 6.20. The summed E-state index contributed by atoms with van der Waals surface area (Å²) in [6.07, 6.45) is 5.68. The molecule has 1 aromatic carbocycles. The van der Waals surface area contributed by atoms with Gasteiger partial charge >= 0.3 is 0 Å². The Morgan fingerprint density at radius 3 is 2.52 bits per heavy atom. The van der Waals surface area contributed by atoms with Crippen molar-refractivity contribution in [1.29, 1.82) is 0 Å². The summed E-state index contributed by atoms with van der Waals surface area (Å²) in [7, 11) is -3.54. The number of nitrogens with zero attached hydrogens (tertiary/aromatic N) is 1. The summed E-state index contributed by atoms with van der Waals surface area (Å²) in [5.41, 5.74) is 8.01. The summed E-state index contributed by atoms with van der Waals surface area (Å²) >= 11 is 0. The molecular formula is C16H24N2O2S. The van der Waals surface area contributed by atoms with Crippen molar-refractivity contribution in [3.05, 3.63) is 35.9 Å². The van der Waals surface area contributed by atoms with Crippen molar-refractivity contribution in [1.82, 2.24) is 4.31 Å². The molecule has 1 aromatic rings. The molecular weight excluding hydrogens is 284 g/mol. The molecule has 2 rings (SSSR count). The van der Waals surface area contributed by atoms with Crippen LogP contribution < -0.4 is 5.73 Å². The predicted molar refractivity (Wildman–Crippen MR) is 86.7 cm³/mol. The fraction of sp³-hybridized carbons (Fsp3) is 0.500. The second-order valence-electron chi connectivity index (χ2n) is 5.76. The molecule has 0 saturated heterocycles. The Hall–Kier alpha value is -1.33. The number of hydrogen-bond donors (Lipinski definition) is 1. The Bertz CT molecular complexity index is 632.